The SMILES string of the molecule is CCOC(=O)[C@@]12COC(=O)[C@H]1N(C1CCCCC1)C(=O)C2=O. The molecule has 3 rings (SSSR count). The smallest absolute Gasteiger partial charge is 0.330 e. The van der Waals surface area contributed by atoms with Crippen LogP contribution in [0.15, 0.2) is 0 Å². The second kappa shape index (κ2) is 5.37. The molecule has 1 aliphatic carbocycles. The van der Waals surface area contributed by atoms with Crippen molar-refractivity contribution in [3.8, 4) is 0 Å². The monoisotopic (exact) mass is 309 g/mol. The first kappa shape index (κ1) is 15.0. The quantitative estimate of drug-likeness (QED) is 0.420. The summed E-state index contributed by atoms with van der Waals surface area (Å²) in [4.78, 5) is 50.7. The van der Waals surface area contributed by atoms with Crippen LogP contribution in [-0.4, -0.2) is 53.8 Å². The summed E-state index contributed by atoms with van der Waals surface area (Å²) in [6.45, 7) is 1.29. The summed E-state index contributed by atoms with van der Waals surface area (Å²) in [6, 6.07) is -1.34. The predicted molar refractivity (Wildman–Crippen MR) is 72.5 cm³/mol. The lowest BCUT2D eigenvalue weighted by molar-refractivity contribution is -0.160. The van der Waals surface area contributed by atoms with E-state index in [4.69, 9.17) is 9.47 Å². The summed E-state index contributed by atoms with van der Waals surface area (Å²) in [5.74, 6) is -3.13. The maximum absolute atomic E-state index is 12.5. The highest BCUT2D eigenvalue weighted by molar-refractivity contribution is 6.46. The number of rotatable bonds is 3. The Morgan fingerprint density at radius 1 is 1.27 bits per heavy atom. The number of amides is 1. The van der Waals surface area contributed by atoms with Gasteiger partial charge in [0.15, 0.2) is 6.04 Å². The Balaban J connectivity index is 2.00. The van der Waals surface area contributed by atoms with Crippen molar-refractivity contribution in [2.24, 2.45) is 5.41 Å². The van der Waals surface area contributed by atoms with Gasteiger partial charge in [0.25, 0.3) is 5.91 Å². The average molecular weight is 309 g/mol. The van der Waals surface area contributed by atoms with Gasteiger partial charge in [0.1, 0.15) is 6.61 Å². The van der Waals surface area contributed by atoms with E-state index in [2.05, 4.69) is 0 Å². The first-order valence-corrected chi connectivity index (χ1v) is 7.75. The van der Waals surface area contributed by atoms with Gasteiger partial charge in [-0.2, -0.15) is 0 Å². The molecule has 7 nitrogen and oxygen atoms in total. The van der Waals surface area contributed by atoms with Gasteiger partial charge in [-0.05, 0) is 19.8 Å². The molecule has 1 amide bonds. The Hall–Kier alpha value is -1.92. The lowest BCUT2D eigenvalue weighted by atomic mass is 9.81. The van der Waals surface area contributed by atoms with E-state index in [1.807, 2.05) is 0 Å². The number of hydrogen-bond acceptors (Lipinski definition) is 6. The predicted octanol–water partition coefficient (Wildman–Crippen LogP) is 0.205. The maximum Gasteiger partial charge on any atom is 0.330 e. The zero-order valence-corrected chi connectivity index (χ0v) is 12.5. The Morgan fingerprint density at radius 3 is 2.59 bits per heavy atom. The van der Waals surface area contributed by atoms with Crippen molar-refractivity contribution in [3.05, 3.63) is 0 Å². The van der Waals surface area contributed by atoms with Crippen LogP contribution in [0.3, 0.4) is 0 Å². The number of ketones is 1. The van der Waals surface area contributed by atoms with E-state index >= 15 is 0 Å². The third-order valence-corrected chi connectivity index (χ3v) is 4.85. The number of fused-ring (bicyclic) bond motifs is 1. The molecular formula is C15H19NO6. The summed E-state index contributed by atoms with van der Waals surface area (Å²) in [5.41, 5.74) is -1.80. The molecule has 120 valence electrons. The standard InChI is InChI=1S/C15H19NO6/c1-2-21-14(20)15-8-22-13(19)10(15)16(12(18)11(15)17)9-6-4-3-5-7-9/h9-10H,2-8H2,1H3/t10-,15+/m1/s1. The van der Waals surface area contributed by atoms with Crippen molar-refractivity contribution in [1.82, 2.24) is 4.90 Å². The van der Waals surface area contributed by atoms with Crippen molar-refractivity contribution in [2.75, 3.05) is 13.2 Å². The van der Waals surface area contributed by atoms with Crippen molar-refractivity contribution in [3.63, 3.8) is 0 Å². The molecule has 3 aliphatic rings. The Kier molecular flexibility index (Phi) is 3.66. The molecule has 2 atom stereocenters. The normalized spacial score (nSPS) is 32.1. The van der Waals surface area contributed by atoms with Gasteiger partial charge in [-0.25, -0.2) is 4.79 Å². The average Bonchev–Trinajstić information content (AvgIpc) is 2.97. The first-order valence-electron chi connectivity index (χ1n) is 7.75. The van der Waals surface area contributed by atoms with Crippen LogP contribution in [-0.2, 0) is 28.7 Å². The molecule has 0 aromatic rings. The van der Waals surface area contributed by atoms with Crippen LogP contribution < -0.4 is 0 Å². The summed E-state index contributed by atoms with van der Waals surface area (Å²) in [5, 5.41) is 0. The fourth-order valence-electron chi connectivity index (χ4n) is 3.77. The molecule has 1 saturated carbocycles. The molecule has 0 N–H and O–H groups in total. The molecule has 0 spiro atoms. The zero-order chi connectivity index (χ0) is 15.9. The molecular weight excluding hydrogens is 290 g/mol. The number of nitrogens with zero attached hydrogens (tertiary/aromatic N) is 1. The second-order valence-corrected chi connectivity index (χ2v) is 6.04. The minimum Gasteiger partial charge on any atom is -0.465 e. The van der Waals surface area contributed by atoms with Crippen LogP contribution in [0.25, 0.3) is 0 Å². The summed E-state index contributed by atoms with van der Waals surface area (Å²) < 4.78 is 9.94. The van der Waals surface area contributed by atoms with E-state index in [-0.39, 0.29) is 12.6 Å². The Morgan fingerprint density at radius 2 is 1.95 bits per heavy atom. The molecule has 0 aromatic carbocycles. The highest BCUT2D eigenvalue weighted by atomic mass is 16.6. The van der Waals surface area contributed by atoms with Crippen LogP contribution in [0.1, 0.15) is 39.0 Å². The van der Waals surface area contributed by atoms with Gasteiger partial charge in [-0.1, -0.05) is 19.3 Å². The maximum atomic E-state index is 12.5. The molecule has 22 heavy (non-hydrogen) atoms. The van der Waals surface area contributed by atoms with Gasteiger partial charge in [0, 0.05) is 6.04 Å². The number of esters is 2. The third kappa shape index (κ3) is 1.87. The first-order chi connectivity index (χ1) is 10.5. The van der Waals surface area contributed by atoms with E-state index in [0.717, 1.165) is 32.1 Å². The van der Waals surface area contributed by atoms with Crippen LogP contribution in [0.4, 0.5) is 0 Å². The van der Waals surface area contributed by atoms with Gasteiger partial charge in [0.2, 0.25) is 11.2 Å². The number of carbonyl (C=O) groups is 4. The molecule has 2 aliphatic heterocycles. The number of cyclic esters (lactones) is 1. The van der Waals surface area contributed by atoms with Gasteiger partial charge in [0.05, 0.1) is 6.61 Å². The van der Waals surface area contributed by atoms with Gasteiger partial charge in [-0.3, -0.25) is 14.4 Å². The molecule has 3 fully saturated rings. The molecule has 2 heterocycles. The summed E-state index contributed by atoms with van der Waals surface area (Å²) in [7, 11) is 0. The summed E-state index contributed by atoms with van der Waals surface area (Å²) >= 11 is 0. The molecule has 0 bridgehead atoms. The fourth-order valence-corrected chi connectivity index (χ4v) is 3.77. The Labute approximate surface area is 127 Å². The lowest BCUT2D eigenvalue weighted by Crippen LogP contribution is -2.51. The Bertz CT molecular complexity index is 538. The van der Waals surface area contributed by atoms with Crippen molar-refractivity contribution >= 4 is 23.6 Å². The fraction of sp³-hybridized carbons (Fsp3) is 0.733. The largest absolute Gasteiger partial charge is 0.465 e. The number of Topliss-reactive ketones (excluding diaryl/α,β-unsaturated/α-hetero) is 1. The van der Waals surface area contributed by atoms with Crippen LogP contribution in [0, 0.1) is 5.41 Å². The second-order valence-electron chi connectivity index (χ2n) is 6.04. The molecule has 7 heteroatoms. The van der Waals surface area contributed by atoms with Crippen molar-refractivity contribution in [2.45, 2.75) is 51.1 Å². The molecule has 0 unspecified atom stereocenters. The number of carbonyl (C=O) groups excluding carboxylic acids is 4. The highest BCUT2D eigenvalue weighted by Crippen LogP contribution is 2.44. The minimum absolute atomic E-state index is 0.0758. The highest BCUT2D eigenvalue weighted by Gasteiger charge is 2.72. The van der Waals surface area contributed by atoms with Gasteiger partial charge in [-0.15, -0.1) is 0 Å². The van der Waals surface area contributed by atoms with Crippen molar-refractivity contribution < 1.29 is 28.7 Å². The topological polar surface area (TPSA) is 90.0 Å². The van der Waals surface area contributed by atoms with Gasteiger partial charge < -0.3 is 14.4 Å². The van der Waals surface area contributed by atoms with Crippen LogP contribution >= 0.6 is 0 Å². The van der Waals surface area contributed by atoms with Gasteiger partial charge >= 0.3 is 11.9 Å². The summed E-state index contributed by atoms with van der Waals surface area (Å²) in [6.07, 6.45) is 4.43. The number of ether oxygens (including phenoxy) is 2. The third-order valence-electron chi connectivity index (χ3n) is 4.85. The van der Waals surface area contributed by atoms with Crippen LogP contribution in [0.2, 0.25) is 0 Å². The molecule has 0 radical (unpaired) electrons. The minimum atomic E-state index is -1.80. The van der Waals surface area contributed by atoms with Crippen molar-refractivity contribution in [1.29, 1.82) is 0 Å². The lowest BCUT2D eigenvalue weighted by Gasteiger charge is -2.34. The molecule has 0 aromatic heterocycles. The number of likely N-dealkylation sites (tertiary alicyclic amines) is 1. The van der Waals surface area contributed by atoms with E-state index in [1.165, 1.54) is 4.90 Å². The van der Waals surface area contributed by atoms with E-state index in [1.54, 1.807) is 6.92 Å². The zero-order valence-electron chi connectivity index (χ0n) is 12.5. The van der Waals surface area contributed by atoms with E-state index < -0.39 is 41.7 Å². The number of hydrogen-bond donors (Lipinski definition) is 0. The van der Waals surface area contributed by atoms with Crippen LogP contribution in [0.5, 0.6) is 0 Å². The molecule has 2 saturated heterocycles. The van der Waals surface area contributed by atoms with E-state index in [9.17, 15) is 19.2 Å². The van der Waals surface area contributed by atoms with E-state index in [0.29, 0.717) is 0 Å².